The third-order valence-corrected chi connectivity index (χ3v) is 2.54. The van der Waals surface area contributed by atoms with E-state index in [4.69, 9.17) is 0 Å². The number of halogens is 3. The fourth-order valence-corrected chi connectivity index (χ4v) is 1.63. The van der Waals surface area contributed by atoms with Gasteiger partial charge in [0, 0.05) is 11.8 Å². The van der Waals surface area contributed by atoms with Gasteiger partial charge in [0.15, 0.2) is 17.8 Å². The van der Waals surface area contributed by atoms with Crippen molar-refractivity contribution in [2.75, 3.05) is 0 Å². The highest BCUT2D eigenvalue weighted by Gasteiger charge is 2.41. The number of carbonyl (C=O) groups excluding carboxylic acids is 1. The zero-order valence-electron chi connectivity index (χ0n) is 7.48. The molecule has 0 aliphatic heterocycles. The summed E-state index contributed by atoms with van der Waals surface area (Å²) in [6.07, 6.45) is -1.64. The molecule has 3 unspecified atom stereocenters. The number of ketones is 1. The molecule has 0 spiro atoms. The second kappa shape index (κ2) is 3.52. The van der Waals surface area contributed by atoms with E-state index < -0.39 is 35.4 Å². The lowest BCUT2D eigenvalue weighted by Crippen LogP contribution is -2.34. The van der Waals surface area contributed by atoms with Crippen LogP contribution in [0.2, 0.25) is 0 Å². The van der Waals surface area contributed by atoms with Crippen LogP contribution in [0.15, 0.2) is 11.7 Å². The fraction of sp³-hybridized carbons (Fsp3) is 0.667. The van der Waals surface area contributed by atoms with Crippen molar-refractivity contribution in [3.63, 3.8) is 0 Å². The molecule has 74 valence electrons. The molecule has 0 radical (unpaired) electrons. The molecule has 1 nitrogen and oxygen atoms in total. The summed E-state index contributed by atoms with van der Waals surface area (Å²) in [4.78, 5) is 11.1. The fourth-order valence-electron chi connectivity index (χ4n) is 1.63. The lowest BCUT2D eigenvalue weighted by atomic mass is 9.79. The Balaban J connectivity index is 3.06. The van der Waals surface area contributed by atoms with Gasteiger partial charge in [-0.05, 0) is 6.42 Å². The molecule has 0 aromatic carbocycles. The average Bonchev–Trinajstić information content (AvgIpc) is 2.13. The minimum Gasteiger partial charge on any atom is -0.291 e. The normalized spacial score (nSPS) is 35.5. The molecule has 3 atom stereocenters. The van der Waals surface area contributed by atoms with Crippen molar-refractivity contribution in [2.45, 2.75) is 26.4 Å². The van der Waals surface area contributed by atoms with Crippen molar-refractivity contribution in [1.29, 1.82) is 0 Å². The van der Waals surface area contributed by atoms with Crippen LogP contribution in [0.5, 0.6) is 0 Å². The van der Waals surface area contributed by atoms with Gasteiger partial charge in [0.05, 0.1) is 0 Å². The van der Waals surface area contributed by atoms with Gasteiger partial charge in [-0.25, -0.2) is 13.2 Å². The highest BCUT2D eigenvalue weighted by atomic mass is 19.2. The van der Waals surface area contributed by atoms with Gasteiger partial charge in [-0.2, -0.15) is 0 Å². The zero-order chi connectivity index (χ0) is 10.2. The van der Waals surface area contributed by atoms with Gasteiger partial charge in [-0.1, -0.05) is 13.8 Å². The highest BCUT2D eigenvalue weighted by Crippen LogP contribution is 2.36. The molecule has 4 heteroatoms. The molecule has 0 bridgehead atoms. The third-order valence-electron chi connectivity index (χ3n) is 2.54. The Bertz CT molecular complexity index is 260. The number of carbonyl (C=O) groups is 1. The Morgan fingerprint density at radius 2 is 1.92 bits per heavy atom. The van der Waals surface area contributed by atoms with Crippen LogP contribution >= 0.6 is 0 Å². The number of hydrogen-bond donors (Lipinski definition) is 0. The summed E-state index contributed by atoms with van der Waals surface area (Å²) >= 11 is 0. The molecule has 0 fully saturated rings. The van der Waals surface area contributed by atoms with Gasteiger partial charge in [-0.15, -0.1) is 0 Å². The van der Waals surface area contributed by atoms with E-state index in [1.807, 2.05) is 0 Å². The lowest BCUT2D eigenvalue weighted by Gasteiger charge is -2.27. The van der Waals surface area contributed by atoms with Crippen LogP contribution < -0.4 is 0 Å². The predicted molar refractivity (Wildman–Crippen MR) is 42.1 cm³/mol. The topological polar surface area (TPSA) is 17.1 Å². The number of alkyl halides is 1. The van der Waals surface area contributed by atoms with E-state index in [1.165, 1.54) is 6.92 Å². The summed E-state index contributed by atoms with van der Waals surface area (Å²) in [5.41, 5.74) is 0. The van der Waals surface area contributed by atoms with Gasteiger partial charge >= 0.3 is 0 Å². The number of hydrogen-bond acceptors (Lipinski definition) is 1. The van der Waals surface area contributed by atoms with Crippen molar-refractivity contribution >= 4 is 5.78 Å². The van der Waals surface area contributed by atoms with Crippen LogP contribution in [0.4, 0.5) is 13.2 Å². The first-order valence-corrected chi connectivity index (χ1v) is 4.24. The molecule has 13 heavy (non-hydrogen) atoms. The van der Waals surface area contributed by atoms with E-state index >= 15 is 0 Å². The summed E-state index contributed by atoms with van der Waals surface area (Å²) in [5, 5.41) is 0. The van der Waals surface area contributed by atoms with Crippen molar-refractivity contribution in [3.8, 4) is 0 Å². The first kappa shape index (κ1) is 10.3. The quantitative estimate of drug-likeness (QED) is 0.624. The SMILES string of the molecule is CCC1C(=O)C(F)=C(F)C(F)C1C. The molecule has 0 aromatic rings. The summed E-state index contributed by atoms with van der Waals surface area (Å²) < 4.78 is 38.4. The predicted octanol–water partition coefficient (Wildman–Crippen LogP) is 2.72. The molecule has 0 amide bonds. The number of rotatable bonds is 1. The molecule has 0 aromatic heterocycles. The zero-order valence-corrected chi connectivity index (χ0v) is 7.48. The lowest BCUT2D eigenvalue weighted by molar-refractivity contribution is -0.124. The monoisotopic (exact) mass is 192 g/mol. The van der Waals surface area contributed by atoms with E-state index in [1.54, 1.807) is 6.92 Å². The Labute approximate surface area is 74.6 Å². The van der Waals surface area contributed by atoms with Crippen molar-refractivity contribution < 1.29 is 18.0 Å². The minimum absolute atomic E-state index is 0.334. The van der Waals surface area contributed by atoms with Crippen molar-refractivity contribution in [3.05, 3.63) is 11.7 Å². The molecule has 0 saturated heterocycles. The van der Waals surface area contributed by atoms with Gasteiger partial charge in [-0.3, -0.25) is 4.79 Å². The van der Waals surface area contributed by atoms with Gasteiger partial charge in [0.2, 0.25) is 5.83 Å². The number of allylic oxidation sites excluding steroid dienone is 2. The summed E-state index contributed by atoms with van der Waals surface area (Å²) in [7, 11) is 0. The Morgan fingerprint density at radius 3 is 2.38 bits per heavy atom. The third kappa shape index (κ3) is 1.49. The van der Waals surface area contributed by atoms with E-state index in [-0.39, 0.29) is 0 Å². The van der Waals surface area contributed by atoms with Crippen LogP contribution in [0.1, 0.15) is 20.3 Å². The Morgan fingerprint density at radius 1 is 1.38 bits per heavy atom. The Hall–Kier alpha value is -0.800. The molecule has 1 rings (SSSR count). The summed E-state index contributed by atoms with van der Waals surface area (Å²) in [5.74, 6) is -5.47. The maximum atomic E-state index is 13.0. The summed E-state index contributed by atoms with van der Waals surface area (Å²) in [6, 6.07) is 0. The van der Waals surface area contributed by atoms with Crippen LogP contribution in [0, 0.1) is 11.8 Å². The van der Waals surface area contributed by atoms with Gasteiger partial charge in [0.25, 0.3) is 0 Å². The van der Waals surface area contributed by atoms with E-state index in [9.17, 15) is 18.0 Å². The smallest absolute Gasteiger partial charge is 0.200 e. The van der Waals surface area contributed by atoms with Gasteiger partial charge in [0.1, 0.15) is 0 Å². The second-order valence-corrected chi connectivity index (χ2v) is 3.30. The molecule has 0 saturated carbocycles. The van der Waals surface area contributed by atoms with Gasteiger partial charge < -0.3 is 0 Å². The first-order valence-electron chi connectivity index (χ1n) is 4.24. The van der Waals surface area contributed by atoms with Crippen molar-refractivity contribution in [1.82, 2.24) is 0 Å². The van der Waals surface area contributed by atoms with E-state index in [0.717, 1.165) is 0 Å². The second-order valence-electron chi connectivity index (χ2n) is 3.30. The average molecular weight is 192 g/mol. The van der Waals surface area contributed by atoms with Crippen LogP contribution in [0.3, 0.4) is 0 Å². The van der Waals surface area contributed by atoms with Crippen LogP contribution in [-0.4, -0.2) is 12.0 Å². The molecule has 0 N–H and O–H groups in total. The van der Waals surface area contributed by atoms with E-state index in [0.29, 0.717) is 6.42 Å². The Kier molecular flexibility index (Phi) is 2.78. The van der Waals surface area contributed by atoms with Crippen molar-refractivity contribution in [2.24, 2.45) is 11.8 Å². The summed E-state index contributed by atoms with van der Waals surface area (Å²) in [6.45, 7) is 3.07. The molecular formula is C9H11F3O. The highest BCUT2D eigenvalue weighted by molar-refractivity contribution is 5.96. The number of Topliss-reactive ketones (excluding diaryl/α,β-unsaturated/α-hetero) is 1. The van der Waals surface area contributed by atoms with Crippen LogP contribution in [-0.2, 0) is 4.79 Å². The first-order chi connectivity index (χ1) is 6.00. The molecule has 1 aliphatic carbocycles. The molecular weight excluding hydrogens is 181 g/mol. The van der Waals surface area contributed by atoms with E-state index in [2.05, 4.69) is 0 Å². The standard InChI is InChI=1S/C9H11F3O/c1-3-5-4(2)6(10)7(11)8(12)9(5)13/h4-6H,3H2,1-2H3. The maximum Gasteiger partial charge on any atom is 0.200 e. The molecule has 0 heterocycles. The maximum absolute atomic E-state index is 13.0. The largest absolute Gasteiger partial charge is 0.291 e. The molecule has 1 aliphatic rings. The minimum atomic E-state index is -1.97. The van der Waals surface area contributed by atoms with Crippen LogP contribution in [0.25, 0.3) is 0 Å².